The van der Waals surface area contributed by atoms with Crippen molar-refractivity contribution in [3.05, 3.63) is 47.1 Å². The lowest BCUT2D eigenvalue weighted by Gasteiger charge is -2.20. The van der Waals surface area contributed by atoms with Gasteiger partial charge < -0.3 is 19.7 Å². The number of halogens is 1. The molecule has 0 bridgehead atoms. The number of pyridine rings is 1. The second-order valence-electron chi connectivity index (χ2n) is 4.62. The summed E-state index contributed by atoms with van der Waals surface area (Å²) in [6, 6.07) is 9.15. The van der Waals surface area contributed by atoms with E-state index in [9.17, 15) is 10.0 Å². The Morgan fingerprint density at radius 2 is 1.90 bits per heavy atom. The summed E-state index contributed by atoms with van der Waals surface area (Å²) in [5.74, 6) is 1.29. The third-order valence-electron chi connectivity index (χ3n) is 3.12. The van der Waals surface area contributed by atoms with Gasteiger partial charge in [-0.25, -0.2) is 4.98 Å². The van der Waals surface area contributed by atoms with E-state index in [1.54, 1.807) is 7.11 Å². The Kier molecular flexibility index (Phi) is 5.06. The van der Waals surface area contributed by atoms with Crippen LogP contribution in [0.3, 0.4) is 0 Å². The van der Waals surface area contributed by atoms with Crippen LogP contribution in [-0.2, 0) is 6.54 Å². The van der Waals surface area contributed by atoms with E-state index < -0.39 is 7.12 Å². The lowest BCUT2D eigenvalue weighted by atomic mass is 9.81. The topological polar surface area (TPSA) is 65.8 Å². The van der Waals surface area contributed by atoms with Crippen LogP contribution in [0.5, 0.6) is 5.75 Å². The average Bonchev–Trinajstić information content (AvgIpc) is 2.47. The van der Waals surface area contributed by atoms with Gasteiger partial charge in [-0.2, -0.15) is 0 Å². The third-order valence-corrected chi connectivity index (χ3v) is 3.51. The van der Waals surface area contributed by atoms with Gasteiger partial charge in [0.05, 0.1) is 12.1 Å². The zero-order valence-corrected chi connectivity index (χ0v) is 12.6. The van der Waals surface area contributed by atoms with Crippen LogP contribution in [0.25, 0.3) is 0 Å². The number of anilines is 1. The molecule has 1 aromatic carbocycles. The molecular formula is C14H16BClN2O3. The van der Waals surface area contributed by atoms with Gasteiger partial charge in [0.2, 0.25) is 0 Å². The van der Waals surface area contributed by atoms with Gasteiger partial charge in [-0.05, 0) is 23.8 Å². The summed E-state index contributed by atoms with van der Waals surface area (Å²) in [5.41, 5.74) is 1.30. The molecule has 0 radical (unpaired) electrons. The van der Waals surface area contributed by atoms with Crippen LogP contribution in [0.15, 0.2) is 36.5 Å². The summed E-state index contributed by atoms with van der Waals surface area (Å²) in [5, 5.41) is 18.8. The van der Waals surface area contributed by atoms with Crippen LogP contribution < -0.4 is 15.1 Å². The van der Waals surface area contributed by atoms with Gasteiger partial charge in [0.25, 0.3) is 0 Å². The Bertz CT molecular complexity index is 608. The predicted molar refractivity (Wildman–Crippen MR) is 84.2 cm³/mol. The molecule has 5 nitrogen and oxygen atoms in total. The average molecular weight is 307 g/mol. The van der Waals surface area contributed by atoms with Gasteiger partial charge in [0, 0.05) is 25.3 Å². The Morgan fingerprint density at radius 3 is 2.48 bits per heavy atom. The molecule has 2 N–H and O–H groups in total. The predicted octanol–water partition coefficient (Wildman–Crippen LogP) is 1.06. The van der Waals surface area contributed by atoms with Crippen LogP contribution in [0.1, 0.15) is 5.56 Å². The Balaban J connectivity index is 2.19. The first-order valence-corrected chi connectivity index (χ1v) is 6.75. The number of hydrogen-bond donors (Lipinski definition) is 2. The number of aromatic nitrogens is 1. The minimum Gasteiger partial charge on any atom is -0.497 e. The molecule has 0 spiro atoms. The molecule has 0 aliphatic carbocycles. The van der Waals surface area contributed by atoms with Crippen molar-refractivity contribution in [2.75, 3.05) is 19.1 Å². The molecule has 110 valence electrons. The summed E-state index contributed by atoms with van der Waals surface area (Å²) in [7, 11) is 1.84. The van der Waals surface area contributed by atoms with E-state index in [0.717, 1.165) is 11.3 Å². The maximum atomic E-state index is 9.27. The summed E-state index contributed by atoms with van der Waals surface area (Å²) >= 11 is 6.17. The van der Waals surface area contributed by atoms with Crippen molar-refractivity contribution in [1.82, 2.24) is 4.98 Å². The number of rotatable bonds is 5. The molecular weight excluding hydrogens is 290 g/mol. The first-order valence-electron chi connectivity index (χ1n) is 6.37. The van der Waals surface area contributed by atoms with E-state index in [1.165, 1.54) is 12.3 Å². The SMILES string of the molecule is COc1ccc(CN(C)c2nccc(B(O)O)c2Cl)cc1. The smallest absolute Gasteiger partial charge is 0.490 e. The standard InChI is InChI=1S/C14H16BClN2O3/c1-18(9-10-3-5-11(21-2)6-4-10)14-13(16)12(15(19)20)7-8-17-14/h3-8,19-20H,9H2,1-2H3. The molecule has 0 aliphatic heterocycles. The third kappa shape index (κ3) is 3.67. The zero-order chi connectivity index (χ0) is 15.4. The van der Waals surface area contributed by atoms with Crippen molar-refractivity contribution >= 4 is 30.0 Å². The van der Waals surface area contributed by atoms with Gasteiger partial charge in [0.15, 0.2) is 0 Å². The number of ether oxygens (including phenoxy) is 1. The van der Waals surface area contributed by atoms with E-state index in [0.29, 0.717) is 12.4 Å². The maximum absolute atomic E-state index is 9.27. The number of methoxy groups -OCH3 is 1. The Labute approximate surface area is 128 Å². The first kappa shape index (κ1) is 15.6. The number of hydrogen-bond acceptors (Lipinski definition) is 5. The molecule has 0 amide bonds. The van der Waals surface area contributed by atoms with Crippen molar-refractivity contribution in [3.8, 4) is 5.75 Å². The van der Waals surface area contributed by atoms with Crippen LogP contribution in [0, 0.1) is 0 Å². The number of benzene rings is 1. The summed E-state index contributed by atoms with van der Waals surface area (Å²) in [6.45, 7) is 0.585. The molecule has 2 rings (SSSR count). The fraction of sp³-hybridized carbons (Fsp3) is 0.214. The highest BCUT2D eigenvalue weighted by atomic mass is 35.5. The second kappa shape index (κ2) is 6.80. The van der Waals surface area contributed by atoms with Crippen molar-refractivity contribution in [1.29, 1.82) is 0 Å². The molecule has 0 fully saturated rings. The lowest BCUT2D eigenvalue weighted by Crippen LogP contribution is -2.32. The van der Waals surface area contributed by atoms with Gasteiger partial charge in [-0.15, -0.1) is 0 Å². The van der Waals surface area contributed by atoms with Gasteiger partial charge in [0.1, 0.15) is 11.6 Å². The minimum atomic E-state index is -1.62. The van der Waals surface area contributed by atoms with Crippen molar-refractivity contribution < 1.29 is 14.8 Å². The van der Waals surface area contributed by atoms with Gasteiger partial charge in [-0.1, -0.05) is 23.7 Å². The van der Waals surface area contributed by atoms with Crippen molar-refractivity contribution in [2.24, 2.45) is 0 Å². The van der Waals surface area contributed by atoms with Gasteiger partial charge in [-0.3, -0.25) is 0 Å². The van der Waals surface area contributed by atoms with E-state index in [4.69, 9.17) is 16.3 Å². The van der Waals surface area contributed by atoms with Crippen LogP contribution in [-0.4, -0.2) is 36.3 Å². The molecule has 21 heavy (non-hydrogen) atoms. The molecule has 1 heterocycles. The largest absolute Gasteiger partial charge is 0.497 e. The summed E-state index contributed by atoms with van der Waals surface area (Å²) in [6.07, 6.45) is 1.50. The highest BCUT2D eigenvalue weighted by molar-refractivity contribution is 6.63. The van der Waals surface area contributed by atoms with E-state index >= 15 is 0 Å². The number of nitrogens with zero attached hydrogens (tertiary/aromatic N) is 2. The molecule has 0 unspecified atom stereocenters. The van der Waals surface area contributed by atoms with E-state index in [2.05, 4.69) is 4.98 Å². The molecule has 2 aromatic rings. The molecule has 0 saturated carbocycles. The second-order valence-corrected chi connectivity index (χ2v) is 4.99. The Hall–Kier alpha value is -1.76. The highest BCUT2D eigenvalue weighted by Gasteiger charge is 2.19. The molecule has 7 heteroatoms. The molecule has 1 aromatic heterocycles. The van der Waals surface area contributed by atoms with Crippen LogP contribution in [0.4, 0.5) is 5.82 Å². The highest BCUT2D eigenvalue weighted by Crippen LogP contribution is 2.22. The molecule has 0 aliphatic rings. The van der Waals surface area contributed by atoms with Gasteiger partial charge >= 0.3 is 7.12 Å². The van der Waals surface area contributed by atoms with Crippen LogP contribution in [0.2, 0.25) is 5.02 Å². The quantitative estimate of drug-likeness (QED) is 0.809. The van der Waals surface area contributed by atoms with Crippen molar-refractivity contribution in [2.45, 2.75) is 6.54 Å². The normalized spacial score (nSPS) is 10.3. The zero-order valence-electron chi connectivity index (χ0n) is 11.8. The van der Waals surface area contributed by atoms with E-state index in [-0.39, 0.29) is 10.5 Å². The summed E-state index contributed by atoms with van der Waals surface area (Å²) in [4.78, 5) is 6.04. The van der Waals surface area contributed by atoms with E-state index in [1.807, 2.05) is 36.2 Å². The fourth-order valence-electron chi connectivity index (χ4n) is 1.99. The molecule has 0 atom stereocenters. The molecule has 0 saturated heterocycles. The monoisotopic (exact) mass is 306 g/mol. The maximum Gasteiger partial charge on any atom is 0.490 e. The minimum absolute atomic E-state index is 0.239. The fourth-order valence-corrected chi connectivity index (χ4v) is 2.35. The Morgan fingerprint density at radius 1 is 1.24 bits per heavy atom. The van der Waals surface area contributed by atoms with Crippen LogP contribution >= 0.6 is 11.6 Å². The first-order chi connectivity index (χ1) is 10.0. The van der Waals surface area contributed by atoms with Crippen molar-refractivity contribution in [3.63, 3.8) is 0 Å². The summed E-state index contributed by atoms with van der Waals surface area (Å²) < 4.78 is 5.12. The lowest BCUT2D eigenvalue weighted by molar-refractivity contribution is 0.414.